The van der Waals surface area contributed by atoms with Crippen molar-refractivity contribution in [1.29, 1.82) is 0 Å². The molecule has 0 saturated carbocycles. The SMILES string of the molecule is CC(C)(C)C(=O)N1CCCC(C(=O)NCCSSCCC(=O)O)C1. The van der Waals surface area contributed by atoms with E-state index >= 15 is 0 Å². The Morgan fingerprint density at radius 1 is 1.21 bits per heavy atom. The number of rotatable bonds is 8. The maximum Gasteiger partial charge on any atom is 0.304 e. The van der Waals surface area contributed by atoms with Crippen LogP contribution >= 0.6 is 21.6 Å². The molecule has 1 atom stereocenters. The van der Waals surface area contributed by atoms with Crippen molar-refractivity contribution in [2.75, 3.05) is 31.1 Å². The number of hydrogen-bond donors (Lipinski definition) is 2. The molecule has 1 aliphatic rings. The number of hydrogen-bond acceptors (Lipinski definition) is 5. The molecule has 1 saturated heterocycles. The third kappa shape index (κ3) is 7.79. The smallest absolute Gasteiger partial charge is 0.304 e. The molecule has 1 heterocycles. The maximum absolute atomic E-state index is 12.3. The summed E-state index contributed by atoms with van der Waals surface area (Å²) in [6.07, 6.45) is 1.84. The first-order valence-corrected chi connectivity index (χ1v) is 10.7. The van der Waals surface area contributed by atoms with Gasteiger partial charge < -0.3 is 15.3 Å². The number of carbonyl (C=O) groups excluding carboxylic acids is 2. The van der Waals surface area contributed by atoms with Gasteiger partial charge in [-0.3, -0.25) is 14.4 Å². The number of nitrogens with one attached hydrogen (secondary N) is 1. The number of carbonyl (C=O) groups is 3. The Morgan fingerprint density at radius 2 is 1.88 bits per heavy atom. The van der Waals surface area contributed by atoms with Crippen molar-refractivity contribution >= 4 is 39.4 Å². The van der Waals surface area contributed by atoms with Gasteiger partial charge in [0.15, 0.2) is 0 Å². The largest absolute Gasteiger partial charge is 0.481 e. The summed E-state index contributed by atoms with van der Waals surface area (Å²) in [5, 5.41) is 11.5. The topological polar surface area (TPSA) is 86.7 Å². The van der Waals surface area contributed by atoms with Crippen LogP contribution in [0.15, 0.2) is 0 Å². The van der Waals surface area contributed by atoms with Crippen LogP contribution in [-0.4, -0.2) is 58.9 Å². The highest BCUT2D eigenvalue weighted by atomic mass is 33.1. The van der Waals surface area contributed by atoms with Gasteiger partial charge >= 0.3 is 5.97 Å². The summed E-state index contributed by atoms with van der Waals surface area (Å²) in [5.41, 5.74) is -0.415. The second-order valence-electron chi connectivity index (χ2n) is 6.92. The molecule has 138 valence electrons. The van der Waals surface area contributed by atoms with E-state index in [1.807, 2.05) is 25.7 Å². The number of likely N-dealkylation sites (tertiary alicyclic amines) is 1. The Morgan fingerprint density at radius 3 is 2.50 bits per heavy atom. The normalized spacial score (nSPS) is 18.3. The lowest BCUT2D eigenvalue weighted by Gasteiger charge is -2.35. The Bertz CT molecular complexity index is 452. The summed E-state index contributed by atoms with van der Waals surface area (Å²) in [6.45, 7) is 7.50. The van der Waals surface area contributed by atoms with Gasteiger partial charge in [0.2, 0.25) is 11.8 Å². The molecule has 1 unspecified atom stereocenters. The fourth-order valence-electron chi connectivity index (χ4n) is 2.46. The van der Waals surface area contributed by atoms with Gasteiger partial charge in [-0.15, -0.1) is 0 Å². The third-order valence-electron chi connectivity index (χ3n) is 3.69. The molecule has 6 nitrogen and oxygen atoms in total. The van der Waals surface area contributed by atoms with Crippen LogP contribution in [0.5, 0.6) is 0 Å². The lowest BCUT2D eigenvalue weighted by Crippen LogP contribution is -2.48. The molecule has 0 bridgehead atoms. The standard InChI is InChI=1S/C16H28N2O4S2/c1-16(2,3)15(22)18-8-4-5-12(11-18)14(21)17-7-10-24-23-9-6-13(19)20/h12H,4-11H2,1-3H3,(H,17,21)(H,19,20). The molecule has 1 fully saturated rings. The van der Waals surface area contributed by atoms with Crippen LogP contribution in [0.25, 0.3) is 0 Å². The molecule has 0 spiro atoms. The molecular weight excluding hydrogens is 348 g/mol. The van der Waals surface area contributed by atoms with E-state index in [-0.39, 0.29) is 24.2 Å². The van der Waals surface area contributed by atoms with E-state index in [0.29, 0.717) is 18.8 Å². The van der Waals surface area contributed by atoms with Gasteiger partial charge in [-0.05, 0) is 12.8 Å². The predicted octanol–water partition coefficient (Wildman–Crippen LogP) is 2.24. The lowest BCUT2D eigenvalue weighted by molar-refractivity contribution is -0.143. The van der Waals surface area contributed by atoms with Gasteiger partial charge in [0, 0.05) is 36.6 Å². The highest BCUT2D eigenvalue weighted by molar-refractivity contribution is 8.76. The molecule has 1 rings (SSSR count). The van der Waals surface area contributed by atoms with Crippen molar-refractivity contribution in [3.8, 4) is 0 Å². The van der Waals surface area contributed by atoms with E-state index in [4.69, 9.17) is 5.11 Å². The minimum absolute atomic E-state index is 0.0116. The van der Waals surface area contributed by atoms with E-state index in [1.165, 1.54) is 10.8 Å². The Hall–Kier alpha value is -0.890. The van der Waals surface area contributed by atoms with Crippen LogP contribution in [0, 0.1) is 11.3 Å². The van der Waals surface area contributed by atoms with Gasteiger partial charge in [0.05, 0.1) is 12.3 Å². The maximum atomic E-state index is 12.3. The molecule has 8 heteroatoms. The zero-order chi connectivity index (χ0) is 18.2. The fraction of sp³-hybridized carbons (Fsp3) is 0.812. The average Bonchev–Trinajstić information content (AvgIpc) is 2.52. The molecule has 0 aromatic rings. The molecule has 0 radical (unpaired) electrons. The summed E-state index contributed by atoms with van der Waals surface area (Å²) >= 11 is 0. The predicted molar refractivity (Wildman–Crippen MR) is 98.9 cm³/mol. The Kier molecular flexibility index (Phi) is 8.97. The van der Waals surface area contributed by atoms with Crippen molar-refractivity contribution in [3.05, 3.63) is 0 Å². The molecular formula is C16H28N2O4S2. The summed E-state index contributed by atoms with van der Waals surface area (Å²) in [5.74, 6) is 0.508. The number of carboxylic acids is 1. The van der Waals surface area contributed by atoms with Crippen molar-refractivity contribution in [2.45, 2.75) is 40.0 Å². The fourth-order valence-corrected chi connectivity index (χ4v) is 4.34. The van der Waals surface area contributed by atoms with Crippen LogP contribution in [0.3, 0.4) is 0 Å². The van der Waals surface area contributed by atoms with E-state index in [2.05, 4.69) is 5.32 Å². The molecule has 1 aliphatic heterocycles. The molecule has 0 aromatic carbocycles. The zero-order valence-electron chi connectivity index (χ0n) is 14.7. The minimum Gasteiger partial charge on any atom is -0.481 e. The molecule has 24 heavy (non-hydrogen) atoms. The number of piperidine rings is 1. The van der Waals surface area contributed by atoms with Crippen molar-refractivity contribution in [3.63, 3.8) is 0 Å². The number of amides is 2. The first kappa shape index (κ1) is 21.2. The zero-order valence-corrected chi connectivity index (χ0v) is 16.3. The minimum atomic E-state index is -0.789. The first-order valence-electron chi connectivity index (χ1n) is 8.25. The van der Waals surface area contributed by atoms with Gasteiger partial charge in [0.1, 0.15) is 0 Å². The first-order chi connectivity index (χ1) is 11.2. The second-order valence-corrected chi connectivity index (χ2v) is 9.62. The lowest BCUT2D eigenvalue weighted by atomic mass is 9.91. The monoisotopic (exact) mass is 376 g/mol. The Balaban J connectivity index is 2.25. The number of nitrogens with zero attached hydrogens (tertiary/aromatic N) is 1. The molecule has 2 N–H and O–H groups in total. The van der Waals surface area contributed by atoms with Gasteiger partial charge in [-0.1, -0.05) is 42.4 Å². The quantitative estimate of drug-likeness (QED) is 0.499. The summed E-state index contributed by atoms with van der Waals surface area (Å²) < 4.78 is 0. The van der Waals surface area contributed by atoms with E-state index in [1.54, 1.807) is 10.8 Å². The third-order valence-corrected chi connectivity index (χ3v) is 6.10. The van der Waals surface area contributed by atoms with Crippen LogP contribution in [0.2, 0.25) is 0 Å². The molecule has 0 aliphatic carbocycles. The average molecular weight is 377 g/mol. The van der Waals surface area contributed by atoms with Crippen molar-refractivity contribution in [1.82, 2.24) is 10.2 Å². The van der Waals surface area contributed by atoms with Crippen LogP contribution in [-0.2, 0) is 14.4 Å². The van der Waals surface area contributed by atoms with E-state index < -0.39 is 11.4 Å². The van der Waals surface area contributed by atoms with Crippen molar-refractivity contribution < 1.29 is 19.5 Å². The van der Waals surface area contributed by atoms with Gasteiger partial charge in [-0.2, -0.15) is 0 Å². The van der Waals surface area contributed by atoms with E-state index in [0.717, 1.165) is 25.1 Å². The number of carboxylic acid groups (broad SMARTS) is 1. The highest BCUT2D eigenvalue weighted by Crippen LogP contribution is 2.24. The van der Waals surface area contributed by atoms with Crippen LogP contribution in [0.4, 0.5) is 0 Å². The highest BCUT2D eigenvalue weighted by Gasteiger charge is 2.33. The summed E-state index contributed by atoms with van der Waals surface area (Å²) in [6, 6.07) is 0. The van der Waals surface area contributed by atoms with Gasteiger partial charge in [0.25, 0.3) is 0 Å². The van der Waals surface area contributed by atoms with Crippen LogP contribution in [0.1, 0.15) is 40.0 Å². The summed E-state index contributed by atoms with van der Waals surface area (Å²) in [4.78, 5) is 36.8. The second kappa shape index (κ2) is 10.2. The molecule has 2 amide bonds. The van der Waals surface area contributed by atoms with Crippen molar-refractivity contribution in [2.24, 2.45) is 11.3 Å². The summed E-state index contributed by atoms with van der Waals surface area (Å²) in [7, 11) is 3.07. The number of aliphatic carboxylic acids is 1. The van der Waals surface area contributed by atoms with E-state index in [9.17, 15) is 14.4 Å². The van der Waals surface area contributed by atoms with Gasteiger partial charge in [-0.25, -0.2) is 0 Å². The van der Waals surface area contributed by atoms with Crippen LogP contribution < -0.4 is 5.32 Å². The Labute approximate surface area is 151 Å². The molecule has 0 aromatic heterocycles.